The van der Waals surface area contributed by atoms with Gasteiger partial charge in [0.05, 0.1) is 11.5 Å². The quantitative estimate of drug-likeness (QED) is 0.804. The molecule has 1 rings (SSSR count). The summed E-state index contributed by atoms with van der Waals surface area (Å²) >= 11 is 0. The summed E-state index contributed by atoms with van der Waals surface area (Å²) in [6.45, 7) is 8.19. The van der Waals surface area contributed by atoms with Gasteiger partial charge in [-0.25, -0.2) is 13.1 Å². The molecule has 19 heavy (non-hydrogen) atoms. The average Bonchev–Trinajstić information content (AvgIpc) is 2.82. The first-order valence-corrected chi connectivity index (χ1v) is 8.14. The van der Waals surface area contributed by atoms with Crippen molar-refractivity contribution in [3.63, 3.8) is 0 Å². The van der Waals surface area contributed by atoms with Crippen molar-refractivity contribution in [3.05, 3.63) is 18.0 Å². The number of aryl methyl sites for hydroxylation is 1. The number of aliphatic hydroxyl groups is 1. The molecule has 0 bridgehead atoms. The van der Waals surface area contributed by atoms with Crippen molar-refractivity contribution in [1.29, 1.82) is 0 Å². The molecule has 1 aromatic rings. The molecule has 1 aromatic heterocycles. The highest BCUT2D eigenvalue weighted by Crippen LogP contribution is 2.20. The molecule has 0 aliphatic rings. The van der Waals surface area contributed by atoms with Crippen LogP contribution in [0.15, 0.2) is 17.2 Å². The fraction of sp³-hybridized carbons (Fsp3) is 0.692. The topological polar surface area (TPSA) is 71.3 Å². The van der Waals surface area contributed by atoms with Crippen molar-refractivity contribution in [2.75, 3.05) is 0 Å². The van der Waals surface area contributed by atoms with Crippen molar-refractivity contribution in [2.24, 2.45) is 0 Å². The molecule has 5 nitrogen and oxygen atoms in total. The molecular weight excluding hydrogens is 264 g/mol. The van der Waals surface area contributed by atoms with E-state index in [1.54, 1.807) is 10.8 Å². The molecule has 0 spiro atoms. The number of aliphatic hydroxyl groups excluding tert-OH is 1. The zero-order valence-electron chi connectivity index (χ0n) is 12.1. The second-order valence-corrected chi connectivity index (χ2v) is 6.67. The number of aromatic nitrogens is 1. The Kier molecular flexibility index (Phi) is 5.18. The Bertz CT molecular complexity index is 494. The Labute approximate surface area is 115 Å². The smallest absolute Gasteiger partial charge is 0.242 e. The van der Waals surface area contributed by atoms with Crippen LogP contribution in [0.2, 0.25) is 0 Å². The van der Waals surface area contributed by atoms with Gasteiger partial charge in [-0.2, -0.15) is 0 Å². The van der Waals surface area contributed by atoms with Crippen LogP contribution >= 0.6 is 0 Å². The van der Waals surface area contributed by atoms with Gasteiger partial charge in [0.2, 0.25) is 10.0 Å². The lowest BCUT2D eigenvalue weighted by molar-refractivity contribution is 0.271. The molecule has 0 radical (unpaired) electrons. The van der Waals surface area contributed by atoms with Crippen LogP contribution in [0.4, 0.5) is 0 Å². The molecule has 2 N–H and O–H groups in total. The van der Waals surface area contributed by atoms with E-state index in [2.05, 4.69) is 4.72 Å². The monoisotopic (exact) mass is 288 g/mol. The van der Waals surface area contributed by atoms with Crippen LogP contribution in [0.3, 0.4) is 0 Å². The molecule has 0 unspecified atom stereocenters. The number of nitrogens with zero attached hydrogens (tertiary/aromatic N) is 1. The largest absolute Gasteiger partial charge is 0.390 e. The summed E-state index contributed by atoms with van der Waals surface area (Å²) in [6, 6.07) is 1.53. The first-order valence-electron chi connectivity index (χ1n) is 6.65. The molecule has 0 saturated carbocycles. The molecule has 0 aromatic carbocycles. The van der Waals surface area contributed by atoms with Gasteiger partial charge in [-0.3, -0.25) is 0 Å². The predicted molar refractivity (Wildman–Crippen MR) is 75.3 cm³/mol. The van der Waals surface area contributed by atoms with Gasteiger partial charge in [0.25, 0.3) is 0 Å². The maximum atomic E-state index is 12.4. The number of hydrogen-bond acceptors (Lipinski definition) is 3. The minimum absolute atomic E-state index is 0.165. The van der Waals surface area contributed by atoms with Gasteiger partial charge < -0.3 is 9.67 Å². The third-order valence-corrected chi connectivity index (χ3v) is 5.32. The maximum Gasteiger partial charge on any atom is 0.242 e. The van der Waals surface area contributed by atoms with E-state index >= 15 is 0 Å². The van der Waals surface area contributed by atoms with Gasteiger partial charge in [0, 0.05) is 24.0 Å². The van der Waals surface area contributed by atoms with Crippen LogP contribution in [-0.2, 0) is 23.2 Å². The molecule has 110 valence electrons. The van der Waals surface area contributed by atoms with Crippen LogP contribution in [0, 0.1) is 0 Å². The van der Waals surface area contributed by atoms with Gasteiger partial charge in [0.15, 0.2) is 0 Å². The van der Waals surface area contributed by atoms with Crippen LogP contribution in [0.1, 0.15) is 46.2 Å². The maximum absolute atomic E-state index is 12.4. The minimum atomic E-state index is -3.55. The molecular formula is C13H24N2O3S. The molecule has 0 atom stereocenters. The highest BCUT2D eigenvalue weighted by atomic mass is 32.2. The lowest BCUT2D eigenvalue weighted by atomic mass is 9.98. The van der Waals surface area contributed by atoms with E-state index in [1.165, 1.54) is 6.07 Å². The third kappa shape index (κ3) is 3.58. The standard InChI is InChI=1S/C13H24N2O3S/c1-5-13(4,6-2)14-19(17,18)12-8-11(10-16)15(7-3)9-12/h8-9,14,16H,5-7,10H2,1-4H3. The van der Waals surface area contributed by atoms with E-state index in [1.807, 2.05) is 27.7 Å². The summed E-state index contributed by atoms with van der Waals surface area (Å²) in [7, 11) is -3.55. The lowest BCUT2D eigenvalue weighted by Crippen LogP contribution is -2.44. The highest BCUT2D eigenvalue weighted by molar-refractivity contribution is 7.89. The average molecular weight is 288 g/mol. The third-order valence-electron chi connectivity index (χ3n) is 3.72. The number of hydrogen-bond donors (Lipinski definition) is 2. The van der Waals surface area contributed by atoms with Crippen LogP contribution in [0.5, 0.6) is 0 Å². The summed E-state index contributed by atoms with van der Waals surface area (Å²) in [5.41, 5.74) is 0.171. The second kappa shape index (κ2) is 6.07. The Morgan fingerprint density at radius 2 is 1.89 bits per heavy atom. The number of nitrogens with one attached hydrogen (secondary N) is 1. The van der Waals surface area contributed by atoms with Crippen LogP contribution < -0.4 is 4.72 Å². The van der Waals surface area contributed by atoms with E-state index < -0.39 is 15.6 Å². The van der Waals surface area contributed by atoms with Crippen molar-refractivity contribution in [1.82, 2.24) is 9.29 Å². The van der Waals surface area contributed by atoms with Gasteiger partial charge >= 0.3 is 0 Å². The number of rotatable bonds is 7. The summed E-state index contributed by atoms with van der Waals surface area (Å²) in [5.74, 6) is 0. The predicted octanol–water partition coefficient (Wildman–Crippen LogP) is 1.86. The van der Waals surface area contributed by atoms with Gasteiger partial charge in [-0.15, -0.1) is 0 Å². The first kappa shape index (κ1) is 16.2. The fourth-order valence-electron chi connectivity index (χ4n) is 1.88. The summed E-state index contributed by atoms with van der Waals surface area (Å²) in [6.07, 6.45) is 3.02. The van der Waals surface area contributed by atoms with Crippen molar-refractivity contribution < 1.29 is 13.5 Å². The van der Waals surface area contributed by atoms with E-state index in [-0.39, 0.29) is 11.5 Å². The molecule has 0 fully saturated rings. The van der Waals surface area contributed by atoms with Gasteiger partial charge in [0.1, 0.15) is 0 Å². The zero-order chi connectivity index (χ0) is 14.7. The Balaban J connectivity index is 3.10. The van der Waals surface area contributed by atoms with Gasteiger partial charge in [-0.05, 0) is 32.8 Å². The molecule has 0 amide bonds. The van der Waals surface area contributed by atoms with E-state index in [0.29, 0.717) is 12.2 Å². The first-order chi connectivity index (χ1) is 8.81. The SMILES string of the molecule is CCn1cc(S(=O)(=O)NC(C)(CC)CC)cc1CO. The molecule has 1 heterocycles. The molecule has 0 aliphatic carbocycles. The normalized spacial score (nSPS) is 12.9. The van der Waals surface area contributed by atoms with E-state index in [9.17, 15) is 13.5 Å². The molecule has 0 saturated heterocycles. The van der Waals surface area contributed by atoms with E-state index in [4.69, 9.17) is 0 Å². The van der Waals surface area contributed by atoms with E-state index in [0.717, 1.165) is 12.8 Å². The van der Waals surface area contributed by atoms with Crippen molar-refractivity contribution in [2.45, 2.75) is 64.1 Å². The van der Waals surface area contributed by atoms with Crippen molar-refractivity contribution >= 4 is 10.0 Å². The summed E-state index contributed by atoms with van der Waals surface area (Å²) in [4.78, 5) is 0.214. The molecule has 6 heteroatoms. The van der Waals surface area contributed by atoms with Crippen LogP contribution in [-0.4, -0.2) is 23.6 Å². The Morgan fingerprint density at radius 1 is 1.32 bits per heavy atom. The second-order valence-electron chi connectivity index (χ2n) is 4.98. The minimum Gasteiger partial charge on any atom is -0.390 e. The Morgan fingerprint density at radius 3 is 2.26 bits per heavy atom. The van der Waals surface area contributed by atoms with Gasteiger partial charge in [-0.1, -0.05) is 13.8 Å². The van der Waals surface area contributed by atoms with Crippen LogP contribution in [0.25, 0.3) is 0 Å². The summed E-state index contributed by atoms with van der Waals surface area (Å²) in [5, 5.41) is 9.22. The molecule has 0 aliphatic heterocycles. The zero-order valence-corrected chi connectivity index (χ0v) is 12.9. The Hall–Kier alpha value is -0.850. The highest BCUT2D eigenvalue weighted by Gasteiger charge is 2.28. The van der Waals surface area contributed by atoms with Crippen molar-refractivity contribution in [3.8, 4) is 0 Å². The number of sulfonamides is 1. The summed E-state index contributed by atoms with van der Waals surface area (Å²) < 4.78 is 29.2. The fourth-order valence-corrected chi connectivity index (χ4v) is 3.49. The lowest BCUT2D eigenvalue weighted by Gasteiger charge is -2.27.